The first-order chi connectivity index (χ1) is 17.8. The van der Waals surface area contributed by atoms with Crippen molar-refractivity contribution >= 4 is 35.3 Å². The van der Waals surface area contributed by atoms with Gasteiger partial charge in [0.05, 0.1) is 31.8 Å². The first kappa shape index (κ1) is 26.4. The number of rotatable bonds is 9. The zero-order valence-corrected chi connectivity index (χ0v) is 21.7. The van der Waals surface area contributed by atoms with Gasteiger partial charge in [-0.15, -0.1) is 0 Å². The molecule has 1 aliphatic rings. The van der Waals surface area contributed by atoms with Crippen molar-refractivity contribution in [3.63, 3.8) is 0 Å². The Balaban J connectivity index is 1.40. The standard InChI is InChI=1S/C27H25Cl2NO7/c1-34-19-8-3-16(23(13-19)35-2)9-11-30(29)26(31)17-4-6-18(7-5-17)37-25-15-24-21(14-22(25)28)20(27(32)33)10-12-36-24/h3-8,13-15,20H,9-12H2,1-2H3,(H,32,33). The molecule has 0 aliphatic carbocycles. The Labute approximate surface area is 224 Å². The fourth-order valence-electron chi connectivity index (χ4n) is 4.04. The van der Waals surface area contributed by atoms with Gasteiger partial charge in [0.25, 0.3) is 5.91 Å². The number of amides is 1. The van der Waals surface area contributed by atoms with Gasteiger partial charge in [0, 0.05) is 41.6 Å². The van der Waals surface area contributed by atoms with E-state index in [4.69, 9.17) is 42.3 Å². The van der Waals surface area contributed by atoms with Crippen LogP contribution in [-0.2, 0) is 11.2 Å². The Morgan fingerprint density at radius 2 is 1.76 bits per heavy atom. The van der Waals surface area contributed by atoms with Gasteiger partial charge in [-0.05, 0) is 54.8 Å². The van der Waals surface area contributed by atoms with Crippen molar-refractivity contribution in [2.24, 2.45) is 0 Å². The van der Waals surface area contributed by atoms with E-state index in [2.05, 4.69) is 0 Å². The molecule has 0 bridgehead atoms. The molecule has 37 heavy (non-hydrogen) atoms. The second-order valence-corrected chi connectivity index (χ2v) is 9.11. The molecular formula is C27H25Cl2NO7. The fourth-order valence-corrected chi connectivity index (χ4v) is 4.43. The van der Waals surface area contributed by atoms with E-state index in [-0.39, 0.29) is 17.5 Å². The summed E-state index contributed by atoms with van der Waals surface area (Å²) in [6.45, 7) is 0.561. The Hall–Kier alpha value is -3.62. The molecule has 10 heteroatoms. The first-order valence-corrected chi connectivity index (χ1v) is 12.2. The molecule has 0 radical (unpaired) electrons. The van der Waals surface area contributed by atoms with Gasteiger partial charge in [0.15, 0.2) is 0 Å². The van der Waals surface area contributed by atoms with Crippen LogP contribution >= 0.6 is 23.4 Å². The molecule has 1 aliphatic heterocycles. The van der Waals surface area contributed by atoms with Gasteiger partial charge in [-0.1, -0.05) is 17.7 Å². The van der Waals surface area contributed by atoms with Crippen LogP contribution in [0.5, 0.6) is 28.7 Å². The van der Waals surface area contributed by atoms with Gasteiger partial charge in [-0.25, -0.2) is 0 Å². The average Bonchev–Trinajstić information content (AvgIpc) is 2.91. The molecule has 0 saturated carbocycles. The zero-order chi connectivity index (χ0) is 26.5. The molecule has 3 aromatic rings. The lowest BCUT2D eigenvalue weighted by molar-refractivity contribution is -0.139. The molecule has 4 rings (SSSR count). The van der Waals surface area contributed by atoms with Crippen LogP contribution in [0.1, 0.15) is 33.8 Å². The molecule has 1 unspecified atom stereocenters. The monoisotopic (exact) mass is 545 g/mol. The van der Waals surface area contributed by atoms with E-state index < -0.39 is 11.9 Å². The summed E-state index contributed by atoms with van der Waals surface area (Å²) in [6.07, 6.45) is 0.866. The number of aliphatic carboxylic acids is 1. The summed E-state index contributed by atoms with van der Waals surface area (Å²) in [5, 5.41) is 9.71. The van der Waals surface area contributed by atoms with Crippen molar-refractivity contribution in [2.75, 3.05) is 27.4 Å². The predicted molar refractivity (Wildman–Crippen MR) is 139 cm³/mol. The van der Waals surface area contributed by atoms with Crippen molar-refractivity contribution in [1.29, 1.82) is 0 Å². The lowest BCUT2D eigenvalue weighted by atomic mass is 9.93. The number of hydrogen-bond acceptors (Lipinski definition) is 6. The van der Waals surface area contributed by atoms with Crippen LogP contribution in [0.25, 0.3) is 0 Å². The molecule has 0 aromatic heterocycles. The normalized spacial score (nSPS) is 14.2. The third-order valence-electron chi connectivity index (χ3n) is 6.02. The second kappa shape index (κ2) is 11.6. The Bertz CT molecular complexity index is 1300. The number of carbonyl (C=O) groups is 2. The van der Waals surface area contributed by atoms with Crippen molar-refractivity contribution < 1.29 is 33.6 Å². The van der Waals surface area contributed by atoms with E-state index in [0.29, 0.717) is 59.3 Å². The highest BCUT2D eigenvalue weighted by Gasteiger charge is 2.29. The molecule has 0 saturated heterocycles. The SMILES string of the molecule is COc1ccc(CCN(Cl)C(=O)c2ccc(Oc3cc4c(cc3Cl)C(C(=O)O)CCO4)cc2)c(OC)c1. The highest BCUT2D eigenvalue weighted by atomic mass is 35.5. The van der Waals surface area contributed by atoms with E-state index in [1.807, 2.05) is 12.1 Å². The lowest BCUT2D eigenvalue weighted by Gasteiger charge is -2.24. The maximum Gasteiger partial charge on any atom is 0.311 e. The lowest BCUT2D eigenvalue weighted by Crippen LogP contribution is -2.24. The van der Waals surface area contributed by atoms with Crippen molar-refractivity contribution in [1.82, 2.24) is 4.42 Å². The Kier molecular flexibility index (Phi) is 8.31. The molecule has 8 nitrogen and oxygen atoms in total. The molecule has 0 spiro atoms. The minimum absolute atomic E-state index is 0.261. The van der Waals surface area contributed by atoms with E-state index >= 15 is 0 Å². The largest absolute Gasteiger partial charge is 0.497 e. The van der Waals surface area contributed by atoms with E-state index in [1.165, 1.54) is 0 Å². The summed E-state index contributed by atoms with van der Waals surface area (Å²) in [5.74, 6) is 0.553. The van der Waals surface area contributed by atoms with Crippen LogP contribution < -0.4 is 18.9 Å². The third-order valence-corrected chi connectivity index (χ3v) is 6.64. The number of carboxylic acids is 1. The molecular weight excluding hydrogens is 521 g/mol. The fraction of sp³-hybridized carbons (Fsp3) is 0.259. The van der Waals surface area contributed by atoms with Crippen LogP contribution in [-0.4, -0.2) is 48.8 Å². The highest BCUT2D eigenvalue weighted by molar-refractivity contribution is 6.32. The average molecular weight is 546 g/mol. The summed E-state index contributed by atoms with van der Waals surface area (Å²) < 4.78 is 23.2. The van der Waals surface area contributed by atoms with Crippen LogP contribution in [0.3, 0.4) is 0 Å². The number of hydrogen-bond donors (Lipinski definition) is 1. The minimum Gasteiger partial charge on any atom is -0.497 e. The Morgan fingerprint density at radius 1 is 1.03 bits per heavy atom. The number of halogens is 2. The number of carboxylic acid groups (broad SMARTS) is 1. The number of nitrogens with zero attached hydrogens (tertiary/aromatic N) is 1. The second-order valence-electron chi connectivity index (χ2n) is 8.29. The highest BCUT2D eigenvalue weighted by Crippen LogP contribution is 2.41. The third kappa shape index (κ3) is 6.03. The molecule has 1 amide bonds. The summed E-state index contributed by atoms with van der Waals surface area (Å²) in [4.78, 5) is 24.3. The van der Waals surface area contributed by atoms with Gasteiger partial charge < -0.3 is 24.1 Å². The number of fused-ring (bicyclic) bond motifs is 1. The van der Waals surface area contributed by atoms with Gasteiger partial charge in [0.2, 0.25) is 0 Å². The minimum atomic E-state index is -0.925. The molecule has 194 valence electrons. The van der Waals surface area contributed by atoms with Gasteiger partial charge >= 0.3 is 5.97 Å². The first-order valence-electron chi connectivity index (χ1n) is 11.5. The maximum absolute atomic E-state index is 12.8. The smallest absolute Gasteiger partial charge is 0.311 e. The van der Waals surface area contributed by atoms with E-state index in [1.54, 1.807) is 56.7 Å². The summed E-state index contributed by atoms with van der Waals surface area (Å²) >= 11 is 12.6. The molecule has 3 aromatic carbocycles. The number of carbonyl (C=O) groups excluding carboxylic acids is 1. The van der Waals surface area contributed by atoms with Crippen LogP contribution in [0.15, 0.2) is 54.6 Å². The maximum atomic E-state index is 12.8. The van der Waals surface area contributed by atoms with Gasteiger partial charge in [-0.2, -0.15) is 0 Å². The number of benzene rings is 3. The molecule has 1 atom stereocenters. The number of ether oxygens (including phenoxy) is 4. The van der Waals surface area contributed by atoms with Crippen LogP contribution in [0.4, 0.5) is 0 Å². The summed E-state index contributed by atoms with van der Waals surface area (Å²) in [5.41, 5.74) is 1.80. The molecule has 0 fully saturated rings. The summed E-state index contributed by atoms with van der Waals surface area (Å²) in [6, 6.07) is 15.1. The van der Waals surface area contributed by atoms with Gasteiger partial charge in [-0.3, -0.25) is 14.0 Å². The van der Waals surface area contributed by atoms with E-state index in [9.17, 15) is 14.7 Å². The quantitative estimate of drug-likeness (QED) is 0.332. The molecule has 1 heterocycles. The van der Waals surface area contributed by atoms with Crippen LogP contribution in [0, 0.1) is 0 Å². The van der Waals surface area contributed by atoms with Crippen molar-refractivity contribution in [2.45, 2.75) is 18.8 Å². The number of methoxy groups -OCH3 is 2. The topological polar surface area (TPSA) is 94.5 Å². The van der Waals surface area contributed by atoms with Crippen molar-refractivity contribution in [3.8, 4) is 28.7 Å². The van der Waals surface area contributed by atoms with Gasteiger partial charge in [0.1, 0.15) is 28.7 Å². The van der Waals surface area contributed by atoms with Crippen molar-refractivity contribution in [3.05, 3.63) is 76.3 Å². The summed E-state index contributed by atoms with van der Waals surface area (Å²) in [7, 11) is 3.15. The van der Waals surface area contributed by atoms with E-state index in [0.717, 1.165) is 9.98 Å². The molecule has 1 N–H and O–H groups in total. The Morgan fingerprint density at radius 3 is 2.43 bits per heavy atom. The predicted octanol–water partition coefficient (Wildman–Crippen LogP) is 5.94. The zero-order valence-electron chi connectivity index (χ0n) is 20.2. The van der Waals surface area contributed by atoms with Crippen LogP contribution in [0.2, 0.25) is 5.02 Å².